The molecule has 2 atom stereocenters. The number of nitrogens with zero attached hydrogens (tertiary/aromatic N) is 1. The molecule has 0 aliphatic rings. The number of likely N-dealkylation sites (N-methyl/N-ethyl adjacent to an activating group) is 1. The van der Waals surface area contributed by atoms with E-state index in [4.69, 9.17) is 18.9 Å². The Hall–Kier alpha value is -4.57. The van der Waals surface area contributed by atoms with Gasteiger partial charge in [0.25, 0.3) is 0 Å². The Balaban J connectivity index is 4.02. The van der Waals surface area contributed by atoms with Crippen LogP contribution in [0.5, 0.6) is 0 Å². The Bertz CT molecular complexity index is 2000. The number of quaternary nitrogens is 1. The molecule has 0 fully saturated rings. The van der Waals surface area contributed by atoms with Gasteiger partial charge in [-0.3, -0.25) is 9.59 Å². The lowest BCUT2D eigenvalue weighted by atomic mass is 10.0. The summed E-state index contributed by atoms with van der Waals surface area (Å²) < 4.78 is 22.8. The summed E-state index contributed by atoms with van der Waals surface area (Å²) in [5.74, 6) is -2.28. The molecule has 0 N–H and O–H groups in total. The second-order valence-corrected chi connectivity index (χ2v) is 26.5. The summed E-state index contributed by atoms with van der Waals surface area (Å²) in [5.41, 5.74) is 0. The highest BCUT2D eigenvalue weighted by molar-refractivity contribution is 5.70. The lowest BCUT2D eigenvalue weighted by Gasteiger charge is -2.26. The van der Waals surface area contributed by atoms with Crippen LogP contribution in [0.25, 0.3) is 0 Å². The first kappa shape index (κ1) is 88.4. The monoisotopic (exact) mass is 1290 g/mol. The topological polar surface area (TPSA) is 111 Å². The van der Waals surface area contributed by atoms with Crippen molar-refractivity contribution in [1.82, 2.24) is 0 Å². The van der Waals surface area contributed by atoms with Crippen molar-refractivity contribution in [2.75, 3.05) is 47.5 Å². The molecule has 0 saturated carbocycles. The van der Waals surface area contributed by atoms with Crippen LogP contribution in [0.4, 0.5) is 0 Å². The van der Waals surface area contributed by atoms with Crippen molar-refractivity contribution in [2.45, 2.75) is 334 Å². The highest BCUT2D eigenvalue weighted by atomic mass is 16.7. The van der Waals surface area contributed by atoms with E-state index in [1.807, 2.05) is 21.1 Å². The molecular formula is C84H143NO8. The van der Waals surface area contributed by atoms with E-state index in [-0.39, 0.29) is 38.6 Å². The van der Waals surface area contributed by atoms with Crippen molar-refractivity contribution in [1.29, 1.82) is 0 Å². The van der Waals surface area contributed by atoms with Gasteiger partial charge in [0.05, 0.1) is 40.3 Å². The minimum absolute atomic E-state index is 0.144. The number of hydrogen-bond donors (Lipinski definition) is 0. The molecule has 9 nitrogen and oxygen atoms in total. The van der Waals surface area contributed by atoms with Crippen molar-refractivity contribution in [3.05, 3.63) is 134 Å². The number of unbranched alkanes of at least 4 members (excludes halogenated alkanes) is 33. The van der Waals surface area contributed by atoms with Crippen LogP contribution in [0.3, 0.4) is 0 Å². The van der Waals surface area contributed by atoms with Crippen molar-refractivity contribution in [3.63, 3.8) is 0 Å². The Morgan fingerprint density at radius 1 is 0.323 bits per heavy atom. The first-order valence-corrected chi connectivity index (χ1v) is 38.3. The van der Waals surface area contributed by atoms with Gasteiger partial charge in [-0.1, -0.05) is 334 Å². The molecule has 0 radical (unpaired) electrons. The fourth-order valence-electron chi connectivity index (χ4n) is 10.6. The molecule has 0 bridgehead atoms. The molecule has 0 aliphatic carbocycles. The summed E-state index contributed by atoms with van der Waals surface area (Å²) in [7, 11) is 5.93. The van der Waals surface area contributed by atoms with E-state index < -0.39 is 24.3 Å². The molecule has 0 spiro atoms. The summed E-state index contributed by atoms with van der Waals surface area (Å²) in [6.07, 6.45) is 103. The number of carbonyl (C=O) groups excluding carboxylic acids is 3. The van der Waals surface area contributed by atoms with E-state index in [1.165, 1.54) is 186 Å². The van der Waals surface area contributed by atoms with E-state index >= 15 is 0 Å². The third-order valence-electron chi connectivity index (χ3n) is 16.4. The lowest BCUT2D eigenvalue weighted by molar-refractivity contribution is -0.870. The second kappa shape index (κ2) is 73.2. The van der Waals surface area contributed by atoms with Crippen LogP contribution in [-0.2, 0) is 33.3 Å². The second-order valence-electron chi connectivity index (χ2n) is 26.5. The zero-order valence-electron chi connectivity index (χ0n) is 60.8. The smallest absolute Gasteiger partial charge is 0.306 e. The number of rotatable bonds is 70. The molecule has 0 amide bonds. The molecule has 0 aromatic carbocycles. The zero-order valence-corrected chi connectivity index (χ0v) is 60.8. The molecule has 0 heterocycles. The molecule has 0 rings (SSSR count). The highest BCUT2D eigenvalue weighted by Gasteiger charge is 2.22. The summed E-state index contributed by atoms with van der Waals surface area (Å²) in [4.78, 5) is 37.6. The number of carbonyl (C=O) groups is 3. The van der Waals surface area contributed by atoms with Gasteiger partial charge in [-0.15, -0.1) is 0 Å². The Morgan fingerprint density at radius 2 is 0.581 bits per heavy atom. The van der Waals surface area contributed by atoms with Gasteiger partial charge in [0.2, 0.25) is 0 Å². The molecule has 0 saturated heterocycles. The van der Waals surface area contributed by atoms with Gasteiger partial charge in [-0.25, -0.2) is 0 Å². The van der Waals surface area contributed by atoms with Crippen LogP contribution in [-0.4, -0.2) is 82.3 Å². The zero-order chi connectivity index (χ0) is 67.5. The Morgan fingerprint density at radius 3 is 0.860 bits per heavy atom. The normalized spacial score (nSPS) is 13.4. The summed E-state index contributed by atoms with van der Waals surface area (Å²) >= 11 is 0. The SMILES string of the molecule is CC/C=C\C/C=C\C/C=C\C/C=C\C/C=C\C/C=C\CCCCCCCCCCCCCCCCCCCCCCCCC(=O)OC(COC(=O)CCCCCCCCCCCCC/C=C\C/C=C\C/C=C\C/C=C\C/C=C\CC)COC(OCC[N+](C)(C)C)C(=O)[O-]. The van der Waals surface area contributed by atoms with E-state index in [0.29, 0.717) is 17.4 Å². The predicted molar refractivity (Wildman–Crippen MR) is 398 cm³/mol. The standard InChI is InChI=1S/C84H143NO8/c1-6-8-10-12-14-16-18-20-22-24-26-28-30-32-34-35-36-37-38-39-40-41-42-43-44-45-46-47-49-51-53-55-57-59-61-63-65-67-69-71-73-75-82(87)93-80(79-92-84(83(88)89)90-77-76-85(3,4)5)78-91-81(86)74-72-70-68-66-64-62-60-58-56-54-52-50-48-33-31-29-27-25-23-21-19-17-15-13-11-9-7-2/h8-11,14-17,20-23,26-29,32-34,36-37,48,80,84H,6-7,12-13,18-19,24-25,30-31,35,38-47,49-79H2,1-5H3/b10-8-,11-9-,16-14-,17-15-,22-20-,23-21-,28-26-,29-27-,34-32-,37-36-,48-33-. The van der Waals surface area contributed by atoms with E-state index in [0.717, 1.165) is 103 Å². The summed E-state index contributed by atoms with van der Waals surface area (Å²) in [6, 6.07) is 0. The minimum atomic E-state index is -1.63. The van der Waals surface area contributed by atoms with Gasteiger partial charge < -0.3 is 33.3 Å². The predicted octanol–water partition coefficient (Wildman–Crippen LogP) is 23.1. The maximum atomic E-state index is 13.0. The average Bonchev–Trinajstić information content (AvgIpc) is 3.38. The van der Waals surface area contributed by atoms with Crippen LogP contribution >= 0.6 is 0 Å². The fourth-order valence-corrected chi connectivity index (χ4v) is 10.6. The molecule has 2 unspecified atom stereocenters. The van der Waals surface area contributed by atoms with E-state index in [1.54, 1.807) is 0 Å². The van der Waals surface area contributed by atoms with Crippen molar-refractivity contribution >= 4 is 17.9 Å². The highest BCUT2D eigenvalue weighted by Crippen LogP contribution is 2.18. The number of hydrogen-bond acceptors (Lipinski definition) is 8. The molecule has 532 valence electrons. The molecule has 0 aromatic rings. The first-order valence-electron chi connectivity index (χ1n) is 38.3. The van der Waals surface area contributed by atoms with Crippen LogP contribution in [0.2, 0.25) is 0 Å². The van der Waals surface area contributed by atoms with Crippen LogP contribution in [0, 0.1) is 0 Å². The number of carboxylic acids is 1. The van der Waals surface area contributed by atoms with Crippen molar-refractivity contribution in [2.24, 2.45) is 0 Å². The fraction of sp³-hybridized carbons (Fsp3) is 0.702. The van der Waals surface area contributed by atoms with Gasteiger partial charge in [0, 0.05) is 12.8 Å². The van der Waals surface area contributed by atoms with Gasteiger partial charge >= 0.3 is 11.9 Å². The van der Waals surface area contributed by atoms with E-state index in [2.05, 4.69) is 148 Å². The number of carboxylic acid groups (broad SMARTS) is 1. The lowest BCUT2D eigenvalue weighted by Crippen LogP contribution is -2.44. The molecule has 0 aliphatic heterocycles. The van der Waals surface area contributed by atoms with Crippen LogP contribution in [0.1, 0.15) is 322 Å². The molecule has 93 heavy (non-hydrogen) atoms. The average molecular weight is 1300 g/mol. The molecular weight excluding hydrogens is 1150 g/mol. The maximum Gasteiger partial charge on any atom is 0.306 e. The number of allylic oxidation sites excluding steroid dienone is 22. The van der Waals surface area contributed by atoms with E-state index in [9.17, 15) is 19.5 Å². The number of ether oxygens (including phenoxy) is 4. The first-order chi connectivity index (χ1) is 45.6. The number of esters is 2. The number of aliphatic carboxylic acids is 1. The van der Waals surface area contributed by atoms with Gasteiger partial charge in [-0.05, 0) is 109 Å². The Labute approximate surface area is 573 Å². The minimum Gasteiger partial charge on any atom is -0.545 e. The van der Waals surface area contributed by atoms with Gasteiger partial charge in [-0.2, -0.15) is 0 Å². The quantitative estimate of drug-likeness (QED) is 0.0195. The molecule has 9 heteroatoms. The third-order valence-corrected chi connectivity index (χ3v) is 16.4. The van der Waals surface area contributed by atoms with Crippen molar-refractivity contribution in [3.8, 4) is 0 Å². The summed E-state index contributed by atoms with van der Waals surface area (Å²) in [5, 5.41) is 11.8. The van der Waals surface area contributed by atoms with Gasteiger partial charge in [0.1, 0.15) is 13.2 Å². The Kier molecular flexibility index (Phi) is 69.6. The van der Waals surface area contributed by atoms with Crippen molar-refractivity contribution < 1.29 is 42.9 Å². The maximum absolute atomic E-state index is 13.0. The summed E-state index contributed by atoms with van der Waals surface area (Å²) in [6.45, 7) is 4.54. The molecule has 0 aromatic heterocycles. The van der Waals surface area contributed by atoms with Crippen LogP contribution in [0.15, 0.2) is 134 Å². The third kappa shape index (κ3) is 74.7. The largest absolute Gasteiger partial charge is 0.545 e. The van der Waals surface area contributed by atoms with Gasteiger partial charge in [0.15, 0.2) is 12.4 Å². The van der Waals surface area contributed by atoms with Crippen LogP contribution < -0.4 is 5.11 Å².